The molecule has 2 aromatic rings. The number of benzene rings is 1. The van der Waals surface area contributed by atoms with Crippen LogP contribution in [0.4, 0.5) is 11.5 Å². The van der Waals surface area contributed by atoms with Crippen molar-refractivity contribution in [2.24, 2.45) is 0 Å². The van der Waals surface area contributed by atoms with E-state index in [0.717, 1.165) is 19.4 Å². The molecule has 9 heteroatoms. The molecule has 2 heterocycles. The van der Waals surface area contributed by atoms with Crippen LogP contribution in [-0.2, 0) is 4.74 Å². The molecule has 0 saturated carbocycles. The van der Waals surface area contributed by atoms with Gasteiger partial charge in [0.05, 0.1) is 39.8 Å². The Balaban J connectivity index is 1.66. The van der Waals surface area contributed by atoms with E-state index in [1.807, 2.05) is 0 Å². The Morgan fingerprint density at radius 1 is 1.14 bits per heavy atom. The number of carbonyl (C=O) groups excluding carboxylic acids is 1. The van der Waals surface area contributed by atoms with Gasteiger partial charge in [-0.15, -0.1) is 0 Å². The van der Waals surface area contributed by atoms with Crippen LogP contribution in [0.2, 0.25) is 0 Å². The second-order valence-corrected chi connectivity index (χ2v) is 6.17. The van der Waals surface area contributed by atoms with Gasteiger partial charge in [-0.3, -0.25) is 4.79 Å². The summed E-state index contributed by atoms with van der Waals surface area (Å²) in [6.45, 7) is 1.23. The second-order valence-electron chi connectivity index (χ2n) is 6.17. The van der Waals surface area contributed by atoms with Gasteiger partial charge in [-0.05, 0) is 12.8 Å². The third-order valence-electron chi connectivity index (χ3n) is 4.34. The van der Waals surface area contributed by atoms with Gasteiger partial charge in [-0.2, -0.15) is 0 Å². The van der Waals surface area contributed by atoms with Crippen LogP contribution in [0.25, 0.3) is 0 Å². The van der Waals surface area contributed by atoms with Crippen molar-refractivity contribution in [3.63, 3.8) is 0 Å². The lowest BCUT2D eigenvalue weighted by atomic mass is 10.2. The van der Waals surface area contributed by atoms with Crippen molar-refractivity contribution in [2.75, 3.05) is 39.8 Å². The average Bonchev–Trinajstić information content (AvgIpc) is 3.25. The molecule has 1 aromatic heterocycles. The number of carbonyl (C=O) groups is 1. The molecular weight excluding hydrogens is 364 g/mol. The van der Waals surface area contributed by atoms with Crippen molar-refractivity contribution in [2.45, 2.75) is 18.9 Å². The van der Waals surface area contributed by atoms with Gasteiger partial charge in [-0.1, -0.05) is 0 Å². The molecule has 28 heavy (non-hydrogen) atoms. The predicted octanol–water partition coefficient (Wildman–Crippen LogP) is 2.15. The van der Waals surface area contributed by atoms with E-state index in [-0.39, 0.29) is 17.7 Å². The number of anilines is 2. The molecule has 1 aromatic carbocycles. The zero-order chi connectivity index (χ0) is 19.9. The number of nitrogens with one attached hydrogen (secondary N) is 2. The van der Waals surface area contributed by atoms with Crippen molar-refractivity contribution in [3.05, 3.63) is 30.2 Å². The minimum absolute atomic E-state index is 0.0814. The Bertz CT molecular complexity index is 781. The van der Waals surface area contributed by atoms with Gasteiger partial charge in [-0.25, -0.2) is 9.97 Å². The average molecular weight is 388 g/mol. The maximum absolute atomic E-state index is 12.2. The number of hydrogen-bond acceptors (Lipinski definition) is 8. The number of ether oxygens (including phenoxy) is 4. The van der Waals surface area contributed by atoms with Gasteiger partial charge >= 0.3 is 0 Å². The van der Waals surface area contributed by atoms with E-state index >= 15 is 0 Å². The molecule has 3 rings (SSSR count). The zero-order valence-corrected chi connectivity index (χ0v) is 16.2. The second kappa shape index (κ2) is 9.23. The molecule has 1 saturated heterocycles. The third-order valence-corrected chi connectivity index (χ3v) is 4.34. The Morgan fingerprint density at radius 2 is 1.89 bits per heavy atom. The van der Waals surface area contributed by atoms with E-state index in [2.05, 4.69) is 20.6 Å². The number of amides is 1. The van der Waals surface area contributed by atoms with Gasteiger partial charge in [0.15, 0.2) is 11.5 Å². The first kappa shape index (κ1) is 19.7. The van der Waals surface area contributed by atoms with Crippen LogP contribution in [-0.4, -0.2) is 56.5 Å². The smallest absolute Gasteiger partial charge is 0.271 e. The van der Waals surface area contributed by atoms with Crippen molar-refractivity contribution < 1.29 is 23.7 Å². The third kappa shape index (κ3) is 4.61. The molecular formula is C19H24N4O5. The van der Waals surface area contributed by atoms with Crippen molar-refractivity contribution >= 4 is 17.4 Å². The van der Waals surface area contributed by atoms with Crippen LogP contribution in [0, 0.1) is 0 Å². The first-order valence-electron chi connectivity index (χ1n) is 8.93. The highest BCUT2D eigenvalue weighted by Crippen LogP contribution is 2.40. The van der Waals surface area contributed by atoms with Crippen LogP contribution in [0.1, 0.15) is 23.3 Å². The maximum Gasteiger partial charge on any atom is 0.271 e. The molecule has 0 bridgehead atoms. The number of hydrogen-bond donors (Lipinski definition) is 2. The van der Waals surface area contributed by atoms with E-state index in [9.17, 15) is 4.79 Å². The summed E-state index contributed by atoms with van der Waals surface area (Å²) in [7, 11) is 4.64. The van der Waals surface area contributed by atoms with E-state index in [1.54, 1.807) is 33.5 Å². The van der Waals surface area contributed by atoms with Gasteiger partial charge in [0.2, 0.25) is 5.75 Å². The van der Waals surface area contributed by atoms with Crippen LogP contribution in [0.5, 0.6) is 17.2 Å². The maximum atomic E-state index is 12.2. The Morgan fingerprint density at radius 3 is 2.43 bits per heavy atom. The first-order valence-corrected chi connectivity index (χ1v) is 8.93. The zero-order valence-electron chi connectivity index (χ0n) is 16.2. The van der Waals surface area contributed by atoms with E-state index in [4.69, 9.17) is 18.9 Å². The highest BCUT2D eigenvalue weighted by molar-refractivity contribution is 5.92. The summed E-state index contributed by atoms with van der Waals surface area (Å²) in [5.74, 6) is 1.73. The standard InChI is InChI=1S/C19H24N4O5/c1-25-15-7-12(8-16(26-2)18(15)27-3)23-17-11-20-14(10-21-17)19(24)22-9-13-5-4-6-28-13/h7-8,10-11,13H,4-6,9H2,1-3H3,(H,21,23)(H,22,24). The predicted molar refractivity (Wildman–Crippen MR) is 103 cm³/mol. The van der Waals surface area contributed by atoms with Gasteiger partial charge in [0.1, 0.15) is 11.5 Å². The van der Waals surface area contributed by atoms with Crippen LogP contribution >= 0.6 is 0 Å². The van der Waals surface area contributed by atoms with Crippen LogP contribution in [0.15, 0.2) is 24.5 Å². The van der Waals surface area contributed by atoms with E-state index in [1.165, 1.54) is 12.4 Å². The fraction of sp³-hybridized carbons (Fsp3) is 0.421. The Hall–Kier alpha value is -3.07. The molecule has 150 valence electrons. The molecule has 0 spiro atoms. The molecule has 1 unspecified atom stereocenters. The fourth-order valence-electron chi connectivity index (χ4n) is 2.91. The highest BCUT2D eigenvalue weighted by atomic mass is 16.5. The molecule has 2 N–H and O–H groups in total. The summed E-state index contributed by atoms with van der Waals surface area (Å²) in [6, 6.07) is 3.51. The lowest BCUT2D eigenvalue weighted by molar-refractivity contribution is 0.0853. The topological polar surface area (TPSA) is 104 Å². The largest absolute Gasteiger partial charge is 0.493 e. The lowest BCUT2D eigenvalue weighted by Gasteiger charge is -2.15. The van der Waals surface area contributed by atoms with Crippen LogP contribution in [0.3, 0.4) is 0 Å². The number of methoxy groups -OCH3 is 3. The van der Waals surface area contributed by atoms with Crippen LogP contribution < -0.4 is 24.8 Å². The van der Waals surface area contributed by atoms with E-state index in [0.29, 0.717) is 35.3 Å². The fourth-order valence-corrected chi connectivity index (χ4v) is 2.91. The SMILES string of the molecule is COc1cc(Nc2cnc(C(=O)NCC3CCCO3)cn2)cc(OC)c1OC. The number of aromatic nitrogens is 2. The Kier molecular flexibility index (Phi) is 6.49. The summed E-state index contributed by atoms with van der Waals surface area (Å²) in [6.07, 6.45) is 4.98. The van der Waals surface area contributed by atoms with Gasteiger partial charge in [0, 0.05) is 31.0 Å². The first-order chi connectivity index (χ1) is 13.6. The quantitative estimate of drug-likeness (QED) is 0.709. The summed E-state index contributed by atoms with van der Waals surface area (Å²) < 4.78 is 21.5. The lowest BCUT2D eigenvalue weighted by Crippen LogP contribution is -2.32. The summed E-state index contributed by atoms with van der Waals surface area (Å²) in [4.78, 5) is 20.6. The molecule has 0 radical (unpaired) electrons. The Labute approximate surface area is 163 Å². The minimum Gasteiger partial charge on any atom is -0.493 e. The molecule has 1 atom stereocenters. The monoisotopic (exact) mass is 388 g/mol. The summed E-state index contributed by atoms with van der Waals surface area (Å²) >= 11 is 0. The van der Waals surface area contributed by atoms with Crippen molar-refractivity contribution in [1.82, 2.24) is 15.3 Å². The summed E-state index contributed by atoms with van der Waals surface area (Å²) in [5.41, 5.74) is 0.924. The minimum atomic E-state index is -0.276. The molecule has 1 aliphatic rings. The van der Waals surface area contributed by atoms with Crippen molar-refractivity contribution in [1.29, 1.82) is 0 Å². The summed E-state index contributed by atoms with van der Waals surface area (Å²) in [5, 5.41) is 5.93. The normalized spacial score (nSPS) is 15.8. The number of nitrogens with zero attached hydrogens (tertiary/aromatic N) is 2. The van der Waals surface area contributed by atoms with Crippen molar-refractivity contribution in [3.8, 4) is 17.2 Å². The molecule has 0 aliphatic carbocycles. The molecule has 1 amide bonds. The molecule has 1 fully saturated rings. The molecule has 1 aliphatic heterocycles. The highest BCUT2D eigenvalue weighted by Gasteiger charge is 2.17. The molecule has 9 nitrogen and oxygen atoms in total. The van der Waals surface area contributed by atoms with Gasteiger partial charge < -0.3 is 29.6 Å². The van der Waals surface area contributed by atoms with Gasteiger partial charge in [0.25, 0.3) is 5.91 Å². The van der Waals surface area contributed by atoms with E-state index < -0.39 is 0 Å². The number of rotatable bonds is 8.